The summed E-state index contributed by atoms with van der Waals surface area (Å²) in [5.74, 6) is 0. The van der Waals surface area contributed by atoms with Crippen LogP contribution in [0.15, 0.2) is 35.8 Å². The number of aromatic nitrogens is 1. The molecule has 0 amide bonds. The number of nitrogens with zero attached hydrogens (tertiary/aromatic N) is 2. The van der Waals surface area contributed by atoms with Crippen LogP contribution < -0.4 is 10.6 Å². The lowest BCUT2D eigenvalue weighted by atomic mass is 10.2. The highest BCUT2D eigenvalue weighted by molar-refractivity contribution is 7.09. The first-order valence-electron chi connectivity index (χ1n) is 6.74. The summed E-state index contributed by atoms with van der Waals surface area (Å²) in [6, 6.07) is 9.19. The summed E-state index contributed by atoms with van der Waals surface area (Å²) in [6.07, 6.45) is 4.55. The highest BCUT2D eigenvalue weighted by Crippen LogP contribution is 2.33. The Morgan fingerprint density at radius 3 is 2.79 bits per heavy atom. The van der Waals surface area contributed by atoms with Gasteiger partial charge in [0.1, 0.15) is 0 Å². The predicted octanol–water partition coefficient (Wildman–Crippen LogP) is 3.33. The predicted molar refractivity (Wildman–Crippen MR) is 80.4 cm³/mol. The van der Waals surface area contributed by atoms with E-state index in [0.29, 0.717) is 6.04 Å². The molecule has 0 spiro atoms. The molecule has 0 bridgehead atoms. The maximum atomic E-state index is 5.85. The second kappa shape index (κ2) is 5.31. The van der Waals surface area contributed by atoms with E-state index in [9.17, 15) is 0 Å². The topological polar surface area (TPSA) is 42.1 Å². The van der Waals surface area contributed by atoms with Gasteiger partial charge in [-0.3, -0.25) is 4.98 Å². The van der Waals surface area contributed by atoms with Crippen molar-refractivity contribution in [3.63, 3.8) is 0 Å². The molecule has 1 saturated carbocycles. The highest BCUT2D eigenvalue weighted by atomic mass is 32.1. The normalized spacial score (nSPS) is 16.3. The van der Waals surface area contributed by atoms with Gasteiger partial charge in [-0.15, -0.1) is 11.3 Å². The fourth-order valence-corrected chi connectivity index (χ4v) is 2.93. The fourth-order valence-electron chi connectivity index (χ4n) is 2.22. The fraction of sp³-hybridized carbons (Fsp3) is 0.400. The average molecular weight is 273 g/mol. The Kier molecular flexibility index (Phi) is 3.53. The van der Waals surface area contributed by atoms with E-state index in [1.807, 2.05) is 30.5 Å². The molecule has 0 unspecified atom stereocenters. The zero-order valence-corrected chi connectivity index (χ0v) is 11.9. The van der Waals surface area contributed by atoms with Gasteiger partial charge in [0.05, 0.1) is 24.1 Å². The monoisotopic (exact) mass is 273 g/mol. The Morgan fingerprint density at radius 2 is 2.26 bits per heavy atom. The third kappa shape index (κ3) is 2.96. The van der Waals surface area contributed by atoms with Crippen LogP contribution in [0.5, 0.6) is 0 Å². The Hall–Kier alpha value is -1.39. The molecule has 2 aromatic rings. The number of pyridine rings is 1. The van der Waals surface area contributed by atoms with Gasteiger partial charge in [-0.05, 0) is 43.3 Å². The summed E-state index contributed by atoms with van der Waals surface area (Å²) in [4.78, 5) is 8.34. The molecule has 4 heteroatoms. The van der Waals surface area contributed by atoms with Gasteiger partial charge in [0.15, 0.2) is 0 Å². The zero-order valence-electron chi connectivity index (χ0n) is 11.1. The van der Waals surface area contributed by atoms with Crippen LogP contribution in [-0.4, -0.2) is 11.0 Å². The summed E-state index contributed by atoms with van der Waals surface area (Å²) in [5, 5.41) is 2.14. The number of thiophene rings is 1. The summed E-state index contributed by atoms with van der Waals surface area (Å²) in [6.45, 7) is 2.95. The van der Waals surface area contributed by atoms with E-state index in [1.54, 1.807) is 0 Å². The van der Waals surface area contributed by atoms with Crippen LogP contribution in [0.4, 0.5) is 5.69 Å². The molecule has 2 N–H and O–H groups in total. The molecular formula is C15H19N3S. The Bertz CT molecular complexity index is 515. The van der Waals surface area contributed by atoms with E-state index in [-0.39, 0.29) is 6.04 Å². The van der Waals surface area contributed by atoms with Crippen LogP contribution in [0.3, 0.4) is 0 Å². The average Bonchev–Trinajstić information content (AvgIpc) is 3.13. The van der Waals surface area contributed by atoms with Gasteiger partial charge in [-0.25, -0.2) is 0 Å². The molecule has 1 fully saturated rings. The van der Waals surface area contributed by atoms with E-state index in [4.69, 9.17) is 5.73 Å². The van der Waals surface area contributed by atoms with E-state index >= 15 is 0 Å². The molecule has 2 heterocycles. The third-order valence-corrected chi connectivity index (χ3v) is 4.32. The molecule has 3 rings (SSSR count). The van der Waals surface area contributed by atoms with Crippen molar-refractivity contribution in [1.29, 1.82) is 0 Å². The van der Waals surface area contributed by atoms with E-state index < -0.39 is 0 Å². The number of anilines is 1. The van der Waals surface area contributed by atoms with E-state index in [2.05, 4.69) is 33.5 Å². The first-order chi connectivity index (χ1) is 9.24. The van der Waals surface area contributed by atoms with Crippen molar-refractivity contribution in [2.75, 3.05) is 4.90 Å². The van der Waals surface area contributed by atoms with Crippen LogP contribution in [0.1, 0.15) is 36.4 Å². The first-order valence-corrected chi connectivity index (χ1v) is 7.62. The van der Waals surface area contributed by atoms with Crippen molar-refractivity contribution in [3.8, 4) is 0 Å². The summed E-state index contributed by atoms with van der Waals surface area (Å²) >= 11 is 1.82. The summed E-state index contributed by atoms with van der Waals surface area (Å²) in [5.41, 5.74) is 8.01. The van der Waals surface area contributed by atoms with Crippen molar-refractivity contribution in [3.05, 3.63) is 46.4 Å². The minimum Gasteiger partial charge on any atom is -0.362 e. The zero-order chi connectivity index (χ0) is 13.2. The second-order valence-corrected chi connectivity index (χ2v) is 6.20. The minimum absolute atomic E-state index is 0.000668. The largest absolute Gasteiger partial charge is 0.362 e. The van der Waals surface area contributed by atoms with Crippen molar-refractivity contribution in [2.45, 2.75) is 38.4 Å². The molecule has 19 heavy (non-hydrogen) atoms. The highest BCUT2D eigenvalue weighted by Gasteiger charge is 2.29. The van der Waals surface area contributed by atoms with Crippen LogP contribution in [0.2, 0.25) is 0 Å². The van der Waals surface area contributed by atoms with Gasteiger partial charge in [0.2, 0.25) is 0 Å². The third-order valence-electron chi connectivity index (χ3n) is 3.46. The van der Waals surface area contributed by atoms with Crippen LogP contribution in [-0.2, 0) is 6.54 Å². The van der Waals surface area contributed by atoms with Gasteiger partial charge < -0.3 is 10.6 Å². The number of hydrogen-bond acceptors (Lipinski definition) is 4. The Morgan fingerprint density at radius 1 is 1.42 bits per heavy atom. The van der Waals surface area contributed by atoms with Crippen LogP contribution in [0.25, 0.3) is 0 Å². The maximum absolute atomic E-state index is 5.85. The van der Waals surface area contributed by atoms with Crippen molar-refractivity contribution in [2.24, 2.45) is 5.73 Å². The molecule has 0 saturated heterocycles. The van der Waals surface area contributed by atoms with Crippen molar-refractivity contribution < 1.29 is 0 Å². The van der Waals surface area contributed by atoms with Gasteiger partial charge in [0, 0.05) is 17.0 Å². The second-order valence-electron chi connectivity index (χ2n) is 5.17. The number of hydrogen-bond donors (Lipinski definition) is 1. The Balaban J connectivity index is 1.79. The lowest BCUT2D eigenvalue weighted by molar-refractivity contribution is 0.769. The standard InChI is InChI=1S/C15H19N3S/c1-11(16)15-7-6-13(9-17-15)18(12-4-5-12)10-14-3-2-8-19-14/h2-3,6-9,11-12H,4-5,10,16H2,1H3/t11-/m0/s1. The van der Waals surface area contributed by atoms with E-state index in [0.717, 1.165) is 12.2 Å². The van der Waals surface area contributed by atoms with Crippen molar-refractivity contribution >= 4 is 17.0 Å². The molecule has 1 atom stereocenters. The molecule has 0 radical (unpaired) electrons. The molecule has 2 aromatic heterocycles. The number of nitrogens with two attached hydrogens (primary N) is 1. The number of rotatable bonds is 5. The molecule has 100 valence electrons. The Labute approximate surface area is 118 Å². The van der Waals surface area contributed by atoms with Crippen molar-refractivity contribution in [1.82, 2.24) is 4.98 Å². The van der Waals surface area contributed by atoms with Crippen LogP contribution >= 0.6 is 11.3 Å². The SMILES string of the molecule is C[C@H](N)c1ccc(N(Cc2cccs2)C2CC2)cn1. The van der Waals surface area contributed by atoms with Gasteiger partial charge >= 0.3 is 0 Å². The van der Waals surface area contributed by atoms with Crippen LogP contribution in [0, 0.1) is 0 Å². The molecule has 1 aliphatic carbocycles. The van der Waals surface area contributed by atoms with E-state index in [1.165, 1.54) is 23.4 Å². The minimum atomic E-state index is 0.000668. The molecule has 0 aliphatic heterocycles. The molecular weight excluding hydrogens is 254 g/mol. The molecule has 1 aliphatic rings. The lowest BCUT2D eigenvalue weighted by Gasteiger charge is -2.24. The quantitative estimate of drug-likeness (QED) is 0.908. The maximum Gasteiger partial charge on any atom is 0.0569 e. The first kappa shape index (κ1) is 12.6. The lowest BCUT2D eigenvalue weighted by Crippen LogP contribution is -2.24. The van der Waals surface area contributed by atoms with Gasteiger partial charge in [-0.1, -0.05) is 6.07 Å². The van der Waals surface area contributed by atoms with Gasteiger partial charge in [-0.2, -0.15) is 0 Å². The molecule has 0 aromatic carbocycles. The summed E-state index contributed by atoms with van der Waals surface area (Å²) in [7, 11) is 0. The van der Waals surface area contributed by atoms with Gasteiger partial charge in [0.25, 0.3) is 0 Å². The molecule has 3 nitrogen and oxygen atoms in total. The summed E-state index contributed by atoms with van der Waals surface area (Å²) < 4.78 is 0. The smallest absolute Gasteiger partial charge is 0.0569 e.